The summed E-state index contributed by atoms with van der Waals surface area (Å²) < 4.78 is 5.20. The third-order valence-electron chi connectivity index (χ3n) is 2.21. The highest BCUT2D eigenvalue weighted by Crippen LogP contribution is 2.26. The molecule has 66 valence electrons. The zero-order chi connectivity index (χ0) is 8.10. The summed E-state index contributed by atoms with van der Waals surface area (Å²) in [5, 5.41) is 8.65. The molecule has 2 nitrogen and oxygen atoms in total. The van der Waals surface area contributed by atoms with E-state index in [0.717, 1.165) is 6.42 Å². The summed E-state index contributed by atoms with van der Waals surface area (Å²) in [6, 6.07) is 0. The predicted octanol–water partition coefficient (Wildman–Crippen LogP) is 1.72. The fourth-order valence-electron chi connectivity index (χ4n) is 1.37. The molecular weight excluding hydrogens is 140 g/mol. The predicted molar refractivity (Wildman–Crippen MR) is 44.5 cm³/mol. The summed E-state index contributed by atoms with van der Waals surface area (Å²) in [6.45, 7) is 2.42. The molecule has 0 saturated carbocycles. The molecule has 0 aromatic heterocycles. The van der Waals surface area contributed by atoms with E-state index >= 15 is 0 Å². The lowest BCUT2D eigenvalue weighted by Crippen LogP contribution is -1.98. The monoisotopic (exact) mass is 158 g/mol. The lowest BCUT2D eigenvalue weighted by molar-refractivity contribution is 0.241. The van der Waals surface area contributed by atoms with Crippen molar-refractivity contribution in [2.24, 2.45) is 0 Å². The van der Waals surface area contributed by atoms with Gasteiger partial charge in [0.1, 0.15) is 6.10 Å². The van der Waals surface area contributed by atoms with Crippen molar-refractivity contribution in [2.75, 3.05) is 6.61 Å². The molecule has 0 unspecified atom stereocenters. The molecule has 0 aromatic rings. The van der Waals surface area contributed by atoms with Crippen molar-refractivity contribution < 1.29 is 9.84 Å². The van der Waals surface area contributed by atoms with E-state index < -0.39 is 0 Å². The average molecular weight is 158 g/mol. The zero-order valence-electron chi connectivity index (χ0n) is 7.25. The van der Waals surface area contributed by atoms with Crippen molar-refractivity contribution in [1.29, 1.82) is 0 Å². The number of unbranched alkanes of at least 4 members (excludes halogenated alkanes) is 3. The van der Waals surface area contributed by atoms with E-state index in [9.17, 15) is 0 Å². The van der Waals surface area contributed by atoms with Gasteiger partial charge in [0.05, 0.1) is 12.7 Å². The van der Waals surface area contributed by atoms with E-state index in [1.807, 2.05) is 0 Å². The van der Waals surface area contributed by atoms with Crippen molar-refractivity contribution in [3.8, 4) is 0 Å². The van der Waals surface area contributed by atoms with Gasteiger partial charge in [-0.2, -0.15) is 0 Å². The van der Waals surface area contributed by atoms with Crippen LogP contribution >= 0.6 is 0 Å². The second kappa shape index (κ2) is 4.73. The molecule has 2 heteroatoms. The number of ether oxygens (including phenoxy) is 1. The van der Waals surface area contributed by atoms with E-state index in [1.54, 1.807) is 0 Å². The molecular formula is C9H18O2. The molecule has 0 aromatic carbocycles. The minimum atomic E-state index is 0.177. The van der Waals surface area contributed by atoms with Crippen molar-refractivity contribution in [1.82, 2.24) is 0 Å². The van der Waals surface area contributed by atoms with Gasteiger partial charge in [-0.3, -0.25) is 0 Å². The Balaban J connectivity index is 1.82. The smallest absolute Gasteiger partial charge is 0.107 e. The van der Waals surface area contributed by atoms with Gasteiger partial charge >= 0.3 is 0 Å². The molecule has 1 heterocycles. The fourth-order valence-corrected chi connectivity index (χ4v) is 1.37. The van der Waals surface area contributed by atoms with Crippen LogP contribution in [0.4, 0.5) is 0 Å². The molecule has 1 saturated heterocycles. The molecule has 0 aliphatic carbocycles. The third-order valence-corrected chi connectivity index (χ3v) is 2.21. The number of epoxide rings is 1. The molecule has 1 aliphatic rings. The summed E-state index contributed by atoms with van der Waals surface area (Å²) in [5.74, 6) is 0. The number of hydrogen-bond donors (Lipinski definition) is 1. The molecule has 0 radical (unpaired) electrons. The maximum atomic E-state index is 8.65. The first-order chi connectivity index (χ1) is 5.38. The average Bonchev–Trinajstić information content (AvgIpc) is 2.77. The topological polar surface area (TPSA) is 32.8 Å². The normalized spacial score (nSPS) is 28.9. The van der Waals surface area contributed by atoms with Gasteiger partial charge in [-0.15, -0.1) is 0 Å². The van der Waals surface area contributed by atoms with E-state index in [4.69, 9.17) is 9.84 Å². The van der Waals surface area contributed by atoms with E-state index in [0.29, 0.717) is 6.10 Å². The lowest BCUT2D eigenvalue weighted by Gasteiger charge is -1.94. The summed E-state index contributed by atoms with van der Waals surface area (Å²) >= 11 is 0. The first-order valence-corrected chi connectivity index (χ1v) is 4.64. The van der Waals surface area contributed by atoms with Crippen LogP contribution in [0.2, 0.25) is 0 Å². The number of aliphatic hydroxyl groups excluding tert-OH is 1. The molecule has 0 amide bonds. The van der Waals surface area contributed by atoms with Crippen molar-refractivity contribution >= 4 is 0 Å². The van der Waals surface area contributed by atoms with Gasteiger partial charge in [-0.1, -0.05) is 32.6 Å². The van der Waals surface area contributed by atoms with Gasteiger partial charge in [0, 0.05) is 0 Å². The summed E-state index contributed by atoms with van der Waals surface area (Å²) in [7, 11) is 0. The quantitative estimate of drug-likeness (QED) is 0.471. The van der Waals surface area contributed by atoms with Crippen molar-refractivity contribution in [3.05, 3.63) is 0 Å². The van der Waals surface area contributed by atoms with Gasteiger partial charge in [0.25, 0.3) is 0 Å². The highest BCUT2D eigenvalue weighted by Gasteiger charge is 2.36. The maximum Gasteiger partial charge on any atom is 0.107 e. The minimum Gasteiger partial charge on any atom is -0.394 e. The van der Waals surface area contributed by atoms with Crippen molar-refractivity contribution in [2.45, 2.75) is 51.2 Å². The molecule has 2 atom stereocenters. The molecule has 1 N–H and O–H groups in total. The van der Waals surface area contributed by atoms with E-state index in [1.165, 1.54) is 25.7 Å². The van der Waals surface area contributed by atoms with Gasteiger partial charge in [0.15, 0.2) is 0 Å². The Morgan fingerprint density at radius 1 is 1.18 bits per heavy atom. The number of rotatable bonds is 6. The van der Waals surface area contributed by atoms with Crippen LogP contribution in [-0.2, 0) is 4.74 Å². The van der Waals surface area contributed by atoms with Crippen LogP contribution in [0.25, 0.3) is 0 Å². The van der Waals surface area contributed by atoms with Crippen molar-refractivity contribution in [3.63, 3.8) is 0 Å². The molecule has 0 spiro atoms. The van der Waals surface area contributed by atoms with E-state index in [-0.39, 0.29) is 12.7 Å². The lowest BCUT2D eigenvalue weighted by atomic mass is 10.1. The Morgan fingerprint density at radius 3 is 2.55 bits per heavy atom. The molecule has 1 rings (SSSR count). The second-order valence-corrected chi connectivity index (χ2v) is 3.24. The van der Waals surface area contributed by atoms with Gasteiger partial charge < -0.3 is 9.84 Å². The van der Waals surface area contributed by atoms with Crippen LogP contribution in [0, 0.1) is 0 Å². The van der Waals surface area contributed by atoms with Gasteiger partial charge in [-0.05, 0) is 6.42 Å². The third kappa shape index (κ3) is 3.21. The van der Waals surface area contributed by atoms with Crippen LogP contribution < -0.4 is 0 Å². The standard InChI is InChI=1S/C9H18O2/c1-2-3-4-5-6-8-9(7-10)11-8/h8-10H,2-7H2,1H3/t8-,9-/m0/s1. The number of aliphatic hydroxyl groups is 1. The molecule has 1 aliphatic heterocycles. The van der Waals surface area contributed by atoms with Gasteiger partial charge in [0.2, 0.25) is 0 Å². The molecule has 0 bridgehead atoms. The minimum absolute atomic E-state index is 0.177. The first-order valence-electron chi connectivity index (χ1n) is 4.64. The van der Waals surface area contributed by atoms with Crippen LogP contribution in [-0.4, -0.2) is 23.9 Å². The van der Waals surface area contributed by atoms with E-state index in [2.05, 4.69) is 6.92 Å². The Hall–Kier alpha value is -0.0800. The zero-order valence-corrected chi connectivity index (χ0v) is 7.25. The molecule has 1 fully saturated rings. The maximum absolute atomic E-state index is 8.65. The Bertz CT molecular complexity index is 104. The van der Waals surface area contributed by atoms with Crippen LogP contribution in [0.5, 0.6) is 0 Å². The Kier molecular flexibility index (Phi) is 3.87. The SMILES string of the molecule is CCCCCC[C@@H]1O[C@H]1CO. The Morgan fingerprint density at radius 2 is 2.00 bits per heavy atom. The fraction of sp³-hybridized carbons (Fsp3) is 1.00. The number of hydrogen-bond acceptors (Lipinski definition) is 2. The van der Waals surface area contributed by atoms with Crippen LogP contribution in [0.3, 0.4) is 0 Å². The molecule has 11 heavy (non-hydrogen) atoms. The summed E-state index contributed by atoms with van der Waals surface area (Å²) in [4.78, 5) is 0. The summed E-state index contributed by atoms with van der Waals surface area (Å²) in [6.07, 6.45) is 6.90. The Labute approximate surface area is 68.6 Å². The highest BCUT2D eigenvalue weighted by molar-refractivity contribution is 4.83. The summed E-state index contributed by atoms with van der Waals surface area (Å²) in [5.41, 5.74) is 0. The second-order valence-electron chi connectivity index (χ2n) is 3.24. The largest absolute Gasteiger partial charge is 0.394 e. The van der Waals surface area contributed by atoms with Gasteiger partial charge in [-0.25, -0.2) is 0 Å². The van der Waals surface area contributed by atoms with Crippen LogP contribution in [0.15, 0.2) is 0 Å². The first kappa shape index (κ1) is 9.01. The highest BCUT2D eigenvalue weighted by atomic mass is 16.6. The van der Waals surface area contributed by atoms with Crippen LogP contribution in [0.1, 0.15) is 39.0 Å².